The molecule has 1 heterocycles. The van der Waals surface area contributed by atoms with Gasteiger partial charge < -0.3 is 25.8 Å². The van der Waals surface area contributed by atoms with Crippen molar-refractivity contribution in [1.29, 1.82) is 0 Å². The number of aliphatic hydroxyl groups is 3. The molecule has 128 valence electrons. The minimum Gasteiger partial charge on any atom is -0.394 e. The summed E-state index contributed by atoms with van der Waals surface area (Å²) >= 11 is 0. The molecule has 2 fully saturated rings. The molecule has 1 saturated heterocycles. The van der Waals surface area contributed by atoms with Gasteiger partial charge in [0, 0.05) is 12.3 Å². The molecule has 0 aromatic rings. The van der Waals surface area contributed by atoms with Crippen LogP contribution in [0.15, 0.2) is 0 Å². The van der Waals surface area contributed by atoms with Gasteiger partial charge in [0.25, 0.3) is 0 Å². The number of aliphatic hydroxyl groups excluding tert-OH is 3. The highest BCUT2D eigenvalue weighted by molar-refractivity contribution is 5.78. The first kappa shape index (κ1) is 22.6. The quantitative estimate of drug-likeness (QED) is 0.603. The van der Waals surface area contributed by atoms with E-state index < -0.39 is 18.3 Å². The van der Waals surface area contributed by atoms with Gasteiger partial charge in [-0.15, -0.1) is 0 Å². The summed E-state index contributed by atoms with van der Waals surface area (Å²) in [6.07, 6.45) is 0.0360. The van der Waals surface area contributed by atoms with Crippen LogP contribution in [0.3, 0.4) is 0 Å². The van der Waals surface area contributed by atoms with Crippen molar-refractivity contribution in [3.8, 4) is 0 Å². The molecule has 1 aliphatic carbocycles. The Morgan fingerprint density at radius 2 is 1.67 bits per heavy atom. The Morgan fingerprint density at radius 3 is 1.95 bits per heavy atom. The standard InChI is InChI=1S/C7H14O4.C4H7NO.2C2H6/c1-4-2-5(9)7(10)6(3-8)11-4;5-4(6)3-1-2-3;2*1-2/h4-10H,2-3H2,1H3;3H,1-2H2,(H2,5,6);2*1-2H3/t4?,5-,6-,7?;;;/m1.../s1. The van der Waals surface area contributed by atoms with E-state index in [9.17, 15) is 15.0 Å². The average molecular weight is 307 g/mol. The number of rotatable bonds is 2. The second-order valence-corrected chi connectivity index (χ2v) is 4.64. The van der Waals surface area contributed by atoms with Crippen LogP contribution >= 0.6 is 0 Å². The van der Waals surface area contributed by atoms with E-state index in [1.165, 1.54) is 0 Å². The van der Waals surface area contributed by atoms with Gasteiger partial charge >= 0.3 is 0 Å². The fourth-order valence-electron chi connectivity index (χ4n) is 1.68. The number of carbonyl (C=O) groups excluding carboxylic acids is 1. The van der Waals surface area contributed by atoms with Crippen molar-refractivity contribution in [2.75, 3.05) is 6.61 Å². The Balaban J connectivity index is 0. The van der Waals surface area contributed by atoms with Crippen LogP contribution in [-0.4, -0.2) is 52.2 Å². The molecule has 1 amide bonds. The van der Waals surface area contributed by atoms with E-state index in [-0.39, 0.29) is 24.5 Å². The first-order valence-corrected chi connectivity index (χ1v) is 7.87. The molecule has 1 aliphatic heterocycles. The van der Waals surface area contributed by atoms with E-state index in [0.717, 1.165) is 12.8 Å². The van der Waals surface area contributed by atoms with Gasteiger partial charge in [-0.05, 0) is 19.8 Å². The minimum absolute atomic E-state index is 0.0921. The largest absolute Gasteiger partial charge is 0.394 e. The van der Waals surface area contributed by atoms with Crippen molar-refractivity contribution in [2.24, 2.45) is 11.7 Å². The van der Waals surface area contributed by atoms with Crippen molar-refractivity contribution in [3.63, 3.8) is 0 Å². The van der Waals surface area contributed by atoms with Gasteiger partial charge in [0.1, 0.15) is 12.2 Å². The Bertz CT molecular complexity index is 258. The third-order valence-corrected chi connectivity index (χ3v) is 2.92. The molecule has 2 unspecified atom stereocenters. The van der Waals surface area contributed by atoms with Crippen molar-refractivity contribution in [1.82, 2.24) is 0 Å². The molecule has 2 aliphatic rings. The van der Waals surface area contributed by atoms with E-state index in [1.54, 1.807) is 6.92 Å². The topological polar surface area (TPSA) is 113 Å². The summed E-state index contributed by atoms with van der Waals surface area (Å²) in [5, 5.41) is 27.1. The summed E-state index contributed by atoms with van der Waals surface area (Å²) in [5.41, 5.74) is 4.86. The van der Waals surface area contributed by atoms with E-state index in [0.29, 0.717) is 6.42 Å². The molecule has 6 heteroatoms. The van der Waals surface area contributed by atoms with Crippen molar-refractivity contribution >= 4 is 5.91 Å². The highest BCUT2D eigenvalue weighted by Crippen LogP contribution is 2.27. The summed E-state index contributed by atoms with van der Waals surface area (Å²) in [6, 6.07) is 0. The summed E-state index contributed by atoms with van der Waals surface area (Å²) in [6.45, 7) is 9.56. The molecular formula is C15H33NO5. The van der Waals surface area contributed by atoms with Crippen molar-refractivity contribution in [3.05, 3.63) is 0 Å². The van der Waals surface area contributed by atoms with Crippen LogP contribution in [0, 0.1) is 5.92 Å². The zero-order valence-corrected chi connectivity index (χ0v) is 14.0. The van der Waals surface area contributed by atoms with E-state index >= 15 is 0 Å². The minimum atomic E-state index is -0.948. The Labute approximate surface area is 128 Å². The maximum atomic E-state index is 9.98. The summed E-state index contributed by atoms with van der Waals surface area (Å²) in [7, 11) is 0. The molecule has 5 N–H and O–H groups in total. The van der Waals surface area contributed by atoms with Crippen LogP contribution in [0.5, 0.6) is 0 Å². The molecule has 4 atom stereocenters. The fraction of sp³-hybridized carbons (Fsp3) is 0.933. The number of hydrogen-bond donors (Lipinski definition) is 4. The van der Waals surface area contributed by atoms with Crippen LogP contribution in [-0.2, 0) is 9.53 Å². The first-order valence-electron chi connectivity index (χ1n) is 7.87. The summed E-state index contributed by atoms with van der Waals surface area (Å²) < 4.78 is 5.16. The fourth-order valence-corrected chi connectivity index (χ4v) is 1.68. The second-order valence-electron chi connectivity index (χ2n) is 4.64. The van der Waals surface area contributed by atoms with Crippen molar-refractivity contribution in [2.45, 2.75) is 78.3 Å². The van der Waals surface area contributed by atoms with Crippen LogP contribution in [0.1, 0.15) is 53.9 Å². The lowest BCUT2D eigenvalue weighted by atomic mass is 9.99. The molecule has 21 heavy (non-hydrogen) atoms. The van der Waals surface area contributed by atoms with Crippen LogP contribution in [0.2, 0.25) is 0 Å². The average Bonchev–Trinajstić information content (AvgIpc) is 3.32. The van der Waals surface area contributed by atoms with E-state index in [2.05, 4.69) is 0 Å². The number of amides is 1. The molecule has 0 aromatic heterocycles. The van der Waals surface area contributed by atoms with Crippen LogP contribution in [0.25, 0.3) is 0 Å². The molecule has 0 bridgehead atoms. The smallest absolute Gasteiger partial charge is 0.220 e. The molecule has 0 radical (unpaired) electrons. The highest BCUT2D eigenvalue weighted by atomic mass is 16.5. The predicted octanol–water partition coefficient (Wildman–Crippen LogP) is 0.812. The SMILES string of the molecule is CC.CC.CC1C[C@@H](O)C(O)[C@@H](CO)O1.NC(=O)C1CC1. The third kappa shape index (κ3) is 9.79. The number of primary amides is 1. The predicted molar refractivity (Wildman–Crippen MR) is 82.7 cm³/mol. The van der Waals surface area contributed by atoms with E-state index in [1.807, 2.05) is 27.7 Å². The first-order chi connectivity index (χ1) is 9.95. The second kappa shape index (κ2) is 13.0. The van der Waals surface area contributed by atoms with Gasteiger partial charge in [-0.3, -0.25) is 4.79 Å². The lowest BCUT2D eigenvalue weighted by Crippen LogP contribution is -2.49. The van der Waals surface area contributed by atoms with E-state index in [4.69, 9.17) is 15.6 Å². The summed E-state index contributed by atoms with van der Waals surface area (Å²) in [5.74, 6) is 0.111. The zero-order valence-electron chi connectivity index (χ0n) is 14.0. The van der Waals surface area contributed by atoms with Gasteiger partial charge in [0.05, 0.1) is 18.8 Å². The Hall–Kier alpha value is -0.690. The highest BCUT2D eigenvalue weighted by Gasteiger charge is 2.34. The van der Waals surface area contributed by atoms with Crippen molar-refractivity contribution < 1.29 is 24.9 Å². The third-order valence-electron chi connectivity index (χ3n) is 2.92. The lowest BCUT2D eigenvalue weighted by molar-refractivity contribution is -0.174. The molecule has 2 rings (SSSR count). The number of nitrogens with two attached hydrogens (primary N) is 1. The van der Waals surface area contributed by atoms with Crippen LogP contribution in [0.4, 0.5) is 0 Å². The van der Waals surface area contributed by atoms with Gasteiger partial charge in [0.2, 0.25) is 5.91 Å². The summed E-state index contributed by atoms with van der Waals surface area (Å²) in [4.78, 5) is 9.98. The monoisotopic (exact) mass is 307 g/mol. The maximum Gasteiger partial charge on any atom is 0.220 e. The Morgan fingerprint density at radius 1 is 1.19 bits per heavy atom. The number of ether oxygens (including phenoxy) is 1. The lowest BCUT2D eigenvalue weighted by Gasteiger charge is -2.34. The van der Waals surface area contributed by atoms with Gasteiger partial charge in [-0.1, -0.05) is 27.7 Å². The molecule has 1 saturated carbocycles. The molecule has 0 aromatic carbocycles. The molecule has 6 nitrogen and oxygen atoms in total. The normalized spacial score (nSPS) is 30.5. The number of hydrogen-bond acceptors (Lipinski definition) is 5. The maximum absolute atomic E-state index is 9.98. The van der Waals surface area contributed by atoms with Gasteiger partial charge in [-0.2, -0.15) is 0 Å². The molecule has 0 spiro atoms. The molecular weight excluding hydrogens is 274 g/mol. The zero-order chi connectivity index (χ0) is 17.0. The van der Waals surface area contributed by atoms with Crippen LogP contribution < -0.4 is 5.73 Å². The van der Waals surface area contributed by atoms with Gasteiger partial charge in [-0.25, -0.2) is 0 Å². The Kier molecular flexibility index (Phi) is 14.0. The van der Waals surface area contributed by atoms with Gasteiger partial charge in [0.15, 0.2) is 0 Å². The number of carbonyl (C=O) groups is 1.